The maximum atomic E-state index is 4.71. The highest BCUT2D eigenvalue weighted by Crippen LogP contribution is 2.51. The molecule has 1 heterocycles. The van der Waals surface area contributed by atoms with Crippen LogP contribution in [-0.2, 0) is 6.54 Å². The monoisotopic (exact) mass is 482 g/mol. The zero-order chi connectivity index (χ0) is 17.5. The number of hydrogen-bond donors (Lipinski definition) is 2. The summed E-state index contributed by atoms with van der Waals surface area (Å²) in [6.07, 6.45) is 4.32. The molecular weight excluding hydrogens is 455 g/mol. The van der Waals surface area contributed by atoms with Gasteiger partial charge in [0.15, 0.2) is 5.96 Å². The summed E-state index contributed by atoms with van der Waals surface area (Å²) in [7, 11) is 0. The van der Waals surface area contributed by atoms with Crippen LogP contribution in [0.5, 0.6) is 0 Å². The van der Waals surface area contributed by atoms with Crippen molar-refractivity contribution in [3.8, 4) is 0 Å². The predicted molar refractivity (Wildman–Crippen MR) is 121 cm³/mol. The Hall–Kier alpha value is -1.28. The van der Waals surface area contributed by atoms with Gasteiger partial charge in [0.05, 0.1) is 12.2 Å². The van der Waals surface area contributed by atoms with Crippen LogP contribution in [0.1, 0.15) is 31.0 Å². The van der Waals surface area contributed by atoms with E-state index < -0.39 is 0 Å². The van der Waals surface area contributed by atoms with Gasteiger partial charge in [-0.1, -0.05) is 24.3 Å². The molecule has 0 aliphatic heterocycles. The molecule has 0 spiro atoms. The van der Waals surface area contributed by atoms with Gasteiger partial charge in [0.2, 0.25) is 0 Å². The molecule has 1 fully saturated rings. The summed E-state index contributed by atoms with van der Waals surface area (Å²) in [4.78, 5) is 10.5. The standard InChI is InChI=1S/C20H26N4S.HI/c1-3-21-19(23-14-18-16(2)8-7-13-22-18)24-15-20(11-12-20)25-17-9-5-4-6-10-17;/h4-10,13H,3,11-12,14-15H2,1-2H3,(H2,21,23,24);1H. The summed E-state index contributed by atoms with van der Waals surface area (Å²) in [5.41, 5.74) is 2.21. The highest BCUT2D eigenvalue weighted by Gasteiger charge is 2.43. The van der Waals surface area contributed by atoms with E-state index in [1.807, 2.05) is 24.0 Å². The number of hydrogen-bond acceptors (Lipinski definition) is 3. The maximum Gasteiger partial charge on any atom is 0.191 e. The summed E-state index contributed by atoms with van der Waals surface area (Å²) in [6, 6.07) is 14.7. The number of aromatic nitrogens is 1. The van der Waals surface area contributed by atoms with Crippen LogP contribution in [0.4, 0.5) is 0 Å². The normalized spacial score (nSPS) is 15.1. The number of halogens is 1. The molecule has 0 radical (unpaired) electrons. The van der Waals surface area contributed by atoms with Crippen molar-refractivity contribution in [1.29, 1.82) is 0 Å². The van der Waals surface area contributed by atoms with E-state index in [1.54, 1.807) is 0 Å². The fourth-order valence-electron chi connectivity index (χ4n) is 2.62. The highest BCUT2D eigenvalue weighted by atomic mass is 127. The smallest absolute Gasteiger partial charge is 0.191 e. The molecule has 140 valence electrons. The predicted octanol–water partition coefficient (Wildman–Crippen LogP) is 4.39. The van der Waals surface area contributed by atoms with Crippen molar-refractivity contribution in [3.63, 3.8) is 0 Å². The van der Waals surface area contributed by atoms with Crippen molar-refractivity contribution in [2.24, 2.45) is 4.99 Å². The third-order valence-electron chi connectivity index (χ3n) is 4.31. The second-order valence-electron chi connectivity index (χ2n) is 6.41. The SMILES string of the molecule is CCNC(=NCc1ncccc1C)NCC1(Sc2ccccc2)CC1.I. The van der Waals surface area contributed by atoms with Crippen molar-refractivity contribution in [3.05, 3.63) is 59.9 Å². The minimum Gasteiger partial charge on any atom is -0.357 e. The molecule has 0 saturated heterocycles. The number of rotatable bonds is 7. The molecule has 1 aromatic heterocycles. The number of benzene rings is 1. The number of pyridine rings is 1. The van der Waals surface area contributed by atoms with Crippen molar-refractivity contribution >= 4 is 41.7 Å². The Morgan fingerprint density at radius 1 is 1.15 bits per heavy atom. The second-order valence-corrected chi connectivity index (χ2v) is 7.96. The summed E-state index contributed by atoms with van der Waals surface area (Å²) >= 11 is 1.98. The zero-order valence-corrected chi connectivity index (χ0v) is 18.5. The molecule has 6 heteroatoms. The van der Waals surface area contributed by atoms with Gasteiger partial charge in [-0.15, -0.1) is 35.7 Å². The lowest BCUT2D eigenvalue weighted by Crippen LogP contribution is -2.41. The largest absolute Gasteiger partial charge is 0.357 e. The fraction of sp³-hybridized carbons (Fsp3) is 0.400. The number of nitrogens with one attached hydrogen (secondary N) is 2. The van der Waals surface area contributed by atoms with Crippen LogP contribution >= 0.6 is 35.7 Å². The summed E-state index contributed by atoms with van der Waals surface area (Å²) < 4.78 is 0.304. The topological polar surface area (TPSA) is 49.3 Å². The Balaban J connectivity index is 0.00000243. The highest BCUT2D eigenvalue weighted by molar-refractivity contribution is 14.0. The number of nitrogens with zero attached hydrogens (tertiary/aromatic N) is 2. The average molecular weight is 482 g/mol. The number of thioether (sulfide) groups is 1. The summed E-state index contributed by atoms with van der Waals surface area (Å²) in [5, 5.41) is 6.86. The molecule has 1 saturated carbocycles. The van der Waals surface area contributed by atoms with Crippen LogP contribution < -0.4 is 10.6 Å². The van der Waals surface area contributed by atoms with E-state index in [2.05, 4.69) is 65.9 Å². The van der Waals surface area contributed by atoms with E-state index >= 15 is 0 Å². The molecule has 26 heavy (non-hydrogen) atoms. The molecule has 4 nitrogen and oxygen atoms in total. The van der Waals surface area contributed by atoms with Crippen molar-refractivity contribution in [2.45, 2.75) is 42.9 Å². The Morgan fingerprint density at radius 3 is 2.58 bits per heavy atom. The van der Waals surface area contributed by atoms with Crippen LogP contribution in [-0.4, -0.2) is 28.8 Å². The molecule has 0 amide bonds. The summed E-state index contributed by atoms with van der Waals surface area (Å²) in [6.45, 7) is 6.55. The van der Waals surface area contributed by atoms with Crippen molar-refractivity contribution in [1.82, 2.24) is 15.6 Å². The van der Waals surface area contributed by atoms with Gasteiger partial charge in [-0.3, -0.25) is 4.98 Å². The van der Waals surface area contributed by atoms with Gasteiger partial charge < -0.3 is 10.6 Å². The second kappa shape index (κ2) is 10.2. The quantitative estimate of drug-likeness (QED) is 0.349. The molecule has 2 aromatic rings. The minimum atomic E-state index is 0. The van der Waals surface area contributed by atoms with E-state index in [4.69, 9.17) is 4.99 Å². The zero-order valence-electron chi connectivity index (χ0n) is 15.4. The van der Waals surface area contributed by atoms with Gasteiger partial charge >= 0.3 is 0 Å². The Labute approximate surface area is 177 Å². The van der Waals surface area contributed by atoms with Gasteiger partial charge in [-0.25, -0.2) is 4.99 Å². The molecule has 3 rings (SSSR count). The summed E-state index contributed by atoms with van der Waals surface area (Å²) in [5.74, 6) is 0.868. The number of aliphatic imine (C=N–C) groups is 1. The molecule has 1 aliphatic rings. The molecule has 0 unspecified atom stereocenters. The third-order valence-corrected chi connectivity index (χ3v) is 5.81. The van der Waals surface area contributed by atoms with Gasteiger partial charge in [-0.2, -0.15) is 0 Å². The first kappa shape index (κ1) is 21.0. The Bertz CT molecular complexity index is 717. The third kappa shape index (κ3) is 6.16. The lowest BCUT2D eigenvalue weighted by molar-refractivity contribution is 0.767. The first-order chi connectivity index (χ1) is 12.2. The van der Waals surface area contributed by atoms with E-state index in [0.717, 1.165) is 24.7 Å². The van der Waals surface area contributed by atoms with Gasteiger partial charge in [0, 0.05) is 28.9 Å². The van der Waals surface area contributed by atoms with Crippen molar-refractivity contribution in [2.75, 3.05) is 13.1 Å². The molecule has 1 aliphatic carbocycles. The maximum absolute atomic E-state index is 4.71. The van der Waals surface area contributed by atoms with Crippen LogP contribution in [0.25, 0.3) is 0 Å². The fourth-order valence-corrected chi connectivity index (χ4v) is 3.86. The van der Waals surface area contributed by atoms with E-state index in [9.17, 15) is 0 Å². The number of aryl methyl sites for hydroxylation is 1. The molecular formula is C20H27IN4S. The van der Waals surface area contributed by atoms with E-state index in [0.29, 0.717) is 11.3 Å². The van der Waals surface area contributed by atoms with Gasteiger partial charge in [0.25, 0.3) is 0 Å². The molecule has 1 aromatic carbocycles. The van der Waals surface area contributed by atoms with E-state index in [1.165, 1.54) is 23.3 Å². The van der Waals surface area contributed by atoms with Crippen molar-refractivity contribution < 1.29 is 0 Å². The molecule has 0 bridgehead atoms. The Kier molecular flexibility index (Phi) is 8.21. The first-order valence-corrected chi connectivity index (χ1v) is 9.69. The van der Waals surface area contributed by atoms with Crippen LogP contribution in [0, 0.1) is 6.92 Å². The van der Waals surface area contributed by atoms with Crippen LogP contribution in [0.2, 0.25) is 0 Å². The van der Waals surface area contributed by atoms with Crippen LogP contribution in [0.15, 0.2) is 58.5 Å². The van der Waals surface area contributed by atoms with Crippen LogP contribution in [0.3, 0.4) is 0 Å². The average Bonchev–Trinajstić information content (AvgIpc) is 3.39. The minimum absolute atomic E-state index is 0. The molecule has 0 atom stereocenters. The molecule has 2 N–H and O–H groups in total. The van der Waals surface area contributed by atoms with Gasteiger partial charge in [-0.05, 0) is 50.5 Å². The van der Waals surface area contributed by atoms with Gasteiger partial charge in [0.1, 0.15) is 0 Å². The lowest BCUT2D eigenvalue weighted by atomic mass is 10.2. The number of guanidine groups is 1. The Morgan fingerprint density at radius 2 is 1.92 bits per heavy atom. The first-order valence-electron chi connectivity index (χ1n) is 8.87. The lowest BCUT2D eigenvalue weighted by Gasteiger charge is -2.18. The van der Waals surface area contributed by atoms with E-state index in [-0.39, 0.29) is 24.0 Å².